The zero-order valence-corrected chi connectivity index (χ0v) is 8.77. The van der Waals surface area contributed by atoms with Gasteiger partial charge in [-0.3, -0.25) is 4.79 Å². The average molecular weight is 205 g/mol. The van der Waals surface area contributed by atoms with Crippen molar-refractivity contribution in [3.05, 3.63) is 42.5 Å². The van der Waals surface area contributed by atoms with Crippen LogP contribution in [0, 0.1) is 0 Å². The fraction of sp³-hybridized carbons (Fsp3) is 0.250. The Bertz CT molecular complexity index is 360. The number of Topliss-reactive ketones (excluding diaryl/α,β-unsaturated/α-hetero) is 1. The molecular weight excluding hydrogens is 190 g/mol. The van der Waals surface area contributed by atoms with Crippen LogP contribution in [0.2, 0.25) is 0 Å². The molecule has 3 heteroatoms. The Morgan fingerprint density at radius 3 is 3.00 bits per heavy atom. The van der Waals surface area contributed by atoms with Gasteiger partial charge in [-0.15, -0.1) is 6.58 Å². The molecule has 0 bridgehead atoms. The molecule has 0 amide bonds. The van der Waals surface area contributed by atoms with Crippen LogP contribution in [0.4, 0.5) is 0 Å². The summed E-state index contributed by atoms with van der Waals surface area (Å²) in [6.07, 6.45) is 2.12. The number of benzene rings is 1. The van der Waals surface area contributed by atoms with E-state index in [9.17, 15) is 4.79 Å². The summed E-state index contributed by atoms with van der Waals surface area (Å²) in [5.41, 5.74) is 6.26. The van der Waals surface area contributed by atoms with Crippen molar-refractivity contribution in [3.63, 3.8) is 0 Å². The van der Waals surface area contributed by atoms with Crippen molar-refractivity contribution in [1.82, 2.24) is 0 Å². The molecule has 1 unspecified atom stereocenters. The SMILES string of the molecule is C=CCC(N)C(=O)c1cccc(OC)c1. The van der Waals surface area contributed by atoms with Crippen LogP contribution in [0.1, 0.15) is 16.8 Å². The van der Waals surface area contributed by atoms with E-state index in [1.54, 1.807) is 37.5 Å². The maximum atomic E-state index is 11.8. The van der Waals surface area contributed by atoms with Gasteiger partial charge in [0, 0.05) is 5.56 Å². The van der Waals surface area contributed by atoms with Crippen LogP contribution in [0.25, 0.3) is 0 Å². The van der Waals surface area contributed by atoms with Crippen molar-refractivity contribution < 1.29 is 9.53 Å². The predicted molar refractivity (Wildman–Crippen MR) is 60.1 cm³/mol. The van der Waals surface area contributed by atoms with E-state index in [0.29, 0.717) is 17.7 Å². The second kappa shape index (κ2) is 5.32. The first kappa shape index (κ1) is 11.5. The molecule has 1 aromatic carbocycles. The number of methoxy groups -OCH3 is 1. The number of carbonyl (C=O) groups is 1. The van der Waals surface area contributed by atoms with Crippen molar-refractivity contribution in [2.45, 2.75) is 12.5 Å². The largest absolute Gasteiger partial charge is 0.497 e. The lowest BCUT2D eigenvalue weighted by Crippen LogP contribution is -2.29. The molecule has 0 spiro atoms. The third-order valence-electron chi connectivity index (χ3n) is 2.11. The summed E-state index contributed by atoms with van der Waals surface area (Å²) >= 11 is 0. The van der Waals surface area contributed by atoms with Gasteiger partial charge in [-0.05, 0) is 18.6 Å². The van der Waals surface area contributed by atoms with Gasteiger partial charge in [-0.25, -0.2) is 0 Å². The lowest BCUT2D eigenvalue weighted by Gasteiger charge is -2.08. The Balaban J connectivity index is 2.85. The quantitative estimate of drug-likeness (QED) is 0.589. The molecule has 0 aliphatic heterocycles. The lowest BCUT2D eigenvalue weighted by molar-refractivity contribution is 0.0961. The summed E-state index contributed by atoms with van der Waals surface area (Å²) in [6, 6.07) is 6.45. The average Bonchev–Trinajstić information content (AvgIpc) is 2.28. The van der Waals surface area contributed by atoms with Gasteiger partial charge in [0.05, 0.1) is 13.2 Å². The standard InChI is InChI=1S/C12H15NO2/c1-3-5-11(13)12(14)9-6-4-7-10(8-9)15-2/h3-4,6-8,11H,1,5,13H2,2H3. The summed E-state index contributed by atoms with van der Waals surface area (Å²) in [5, 5.41) is 0. The van der Waals surface area contributed by atoms with E-state index in [4.69, 9.17) is 10.5 Å². The number of ether oxygens (including phenoxy) is 1. The normalized spacial score (nSPS) is 11.9. The van der Waals surface area contributed by atoms with Crippen LogP contribution in [0.3, 0.4) is 0 Å². The summed E-state index contributed by atoms with van der Waals surface area (Å²) in [4.78, 5) is 11.8. The van der Waals surface area contributed by atoms with Crippen LogP contribution < -0.4 is 10.5 Å². The van der Waals surface area contributed by atoms with Gasteiger partial charge in [0.15, 0.2) is 5.78 Å². The summed E-state index contributed by atoms with van der Waals surface area (Å²) in [5.74, 6) is 0.570. The highest BCUT2D eigenvalue weighted by Crippen LogP contribution is 2.14. The van der Waals surface area contributed by atoms with Crippen LogP contribution in [0.5, 0.6) is 5.75 Å². The number of carbonyl (C=O) groups excluding carboxylic acids is 1. The van der Waals surface area contributed by atoms with Crippen molar-refractivity contribution in [2.75, 3.05) is 7.11 Å². The Hall–Kier alpha value is -1.61. The van der Waals surface area contributed by atoms with Gasteiger partial charge in [0.1, 0.15) is 5.75 Å². The Labute approximate surface area is 89.5 Å². The van der Waals surface area contributed by atoms with Gasteiger partial charge in [-0.1, -0.05) is 18.2 Å². The van der Waals surface area contributed by atoms with Crippen molar-refractivity contribution >= 4 is 5.78 Å². The number of hydrogen-bond donors (Lipinski definition) is 1. The Kier molecular flexibility index (Phi) is 4.06. The smallest absolute Gasteiger partial charge is 0.179 e. The molecule has 0 aliphatic carbocycles. The Morgan fingerprint density at radius 2 is 2.40 bits per heavy atom. The molecule has 0 fully saturated rings. The van der Waals surface area contributed by atoms with E-state index in [-0.39, 0.29) is 5.78 Å². The topological polar surface area (TPSA) is 52.3 Å². The van der Waals surface area contributed by atoms with E-state index in [1.807, 2.05) is 0 Å². The lowest BCUT2D eigenvalue weighted by atomic mass is 10.0. The molecule has 0 saturated heterocycles. The number of nitrogens with two attached hydrogens (primary N) is 1. The van der Waals surface area contributed by atoms with Gasteiger partial charge >= 0.3 is 0 Å². The van der Waals surface area contributed by atoms with Gasteiger partial charge in [-0.2, -0.15) is 0 Å². The third kappa shape index (κ3) is 2.92. The minimum atomic E-state index is -0.519. The van der Waals surface area contributed by atoms with Crippen LogP contribution >= 0.6 is 0 Å². The van der Waals surface area contributed by atoms with Gasteiger partial charge < -0.3 is 10.5 Å². The molecule has 80 valence electrons. The van der Waals surface area contributed by atoms with Crippen molar-refractivity contribution in [1.29, 1.82) is 0 Å². The first-order chi connectivity index (χ1) is 7.19. The van der Waals surface area contributed by atoms with Gasteiger partial charge in [0.2, 0.25) is 0 Å². The highest BCUT2D eigenvalue weighted by atomic mass is 16.5. The highest BCUT2D eigenvalue weighted by molar-refractivity contribution is 6.00. The first-order valence-electron chi connectivity index (χ1n) is 4.73. The summed E-state index contributed by atoms with van der Waals surface area (Å²) in [7, 11) is 1.56. The molecule has 1 atom stereocenters. The maximum absolute atomic E-state index is 11.8. The molecule has 0 aromatic heterocycles. The summed E-state index contributed by atoms with van der Waals surface area (Å²) in [6.45, 7) is 3.55. The van der Waals surface area contributed by atoms with Crippen molar-refractivity contribution in [3.8, 4) is 5.75 Å². The van der Waals surface area contributed by atoms with E-state index >= 15 is 0 Å². The minimum Gasteiger partial charge on any atom is -0.497 e. The van der Waals surface area contributed by atoms with E-state index in [0.717, 1.165) is 0 Å². The fourth-order valence-corrected chi connectivity index (χ4v) is 1.28. The van der Waals surface area contributed by atoms with E-state index in [1.165, 1.54) is 0 Å². The van der Waals surface area contributed by atoms with Crippen LogP contribution in [-0.2, 0) is 0 Å². The molecule has 1 rings (SSSR count). The zero-order valence-electron chi connectivity index (χ0n) is 8.77. The van der Waals surface area contributed by atoms with Crippen LogP contribution in [0.15, 0.2) is 36.9 Å². The molecule has 0 saturated carbocycles. The molecule has 2 N–H and O–H groups in total. The number of ketones is 1. The maximum Gasteiger partial charge on any atom is 0.179 e. The van der Waals surface area contributed by atoms with Gasteiger partial charge in [0.25, 0.3) is 0 Å². The monoisotopic (exact) mass is 205 g/mol. The molecule has 0 radical (unpaired) electrons. The number of rotatable bonds is 5. The molecular formula is C12H15NO2. The molecule has 1 aromatic rings. The van der Waals surface area contributed by atoms with E-state index in [2.05, 4.69) is 6.58 Å². The molecule has 0 heterocycles. The predicted octanol–water partition coefficient (Wildman–Crippen LogP) is 1.78. The number of hydrogen-bond acceptors (Lipinski definition) is 3. The van der Waals surface area contributed by atoms with Crippen molar-refractivity contribution in [2.24, 2.45) is 5.73 Å². The highest BCUT2D eigenvalue weighted by Gasteiger charge is 2.14. The molecule has 3 nitrogen and oxygen atoms in total. The third-order valence-corrected chi connectivity index (χ3v) is 2.11. The van der Waals surface area contributed by atoms with E-state index < -0.39 is 6.04 Å². The Morgan fingerprint density at radius 1 is 1.67 bits per heavy atom. The van der Waals surface area contributed by atoms with Crippen LogP contribution in [-0.4, -0.2) is 18.9 Å². The first-order valence-corrected chi connectivity index (χ1v) is 4.73. The second-order valence-electron chi connectivity index (χ2n) is 3.23. The minimum absolute atomic E-state index is 0.0891. The fourth-order valence-electron chi connectivity index (χ4n) is 1.28. The second-order valence-corrected chi connectivity index (χ2v) is 3.23. The zero-order chi connectivity index (χ0) is 11.3. The molecule has 0 aliphatic rings. The molecule has 15 heavy (non-hydrogen) atoms. The summed E-state index contributed by atoms with van der Waals surface area (Å²) < 4.78 is 5.03.